The second-order valence-corrected chi connectivity index (χ2v) is 8.61. The average molecular weight is 437 g/mol. The fraction of sp³-hybridized carbons (Fsp3) is 0.172. The van der Waals surface area contributed by atoms with Crippen LogP contribution in [0.4, 0.5) is 0 Å². The van der Waals surface area contributed by atoms with Crippen molar-refractivity contribution in [3.63, 3.8) is 0 Å². The zero-order valence-corrected chi connectivity index (χ0v) is 18.0. The Bertz CT molecular complexity index is 1280. The summed E-state index contributed by atoms with van der Waals surface area (Å²) >= 11 is 0. The Hall–Kier alpha value is -3.92. The normalized spacial score (nSPS) is 21.8. The van der Waals surface area contributed by atoms with Gasteiger partial charge in [0.2, 0.25) is 0 Å². The molecule has 33 heavy (non-hydrogen) atoms. The highest BCUT2D eigenvalue weighted by Gasteiger charge is 2.58. The first-order valence-corrected chi connectivity index (χ1v) is 11.1. The molecule has 1 fully saturated rings. The molecule has 0 spiro atoms. The molecule has 4 atom stereocenters. The Morgan fingerprint density at radius 1 is 0.727 bits per heavy atom. The number of esters is 1. The van der Waals surface area contributed by atoms with E-state index >= 15 is 0 Å². The van der Waals surface area contributed by atoms with E-state index in [1.165, 1.54) is 0 Å². The van der Waals surface area contributed by atoms with Gasteiger partial charge in [-0.1, -0.05) is 91.0 Å². The lowest BCUT2D eigenvalue weighted by Crippen LogP contribution is -2.54. The van der Waals surface area contributed by atoms with Gasteiger partial charge >= 0.3 is 11.9 Å². The minimum Gasteiger partial charge on any atom is -0.481 e. The van der Waals surface area contributed by atoms with E-state index in [-0.39, 0.29) is 11.9 Å². The number of rotatable bonds is 6. The molecule has 0 saturated heterocycles. The van der Waals surface area contributed by atoms with Crippen LogP contribution in [-0.4, -0.2) is 17.0 Å². The zero-order valence-electron chi connectivity index (χ0n) is 18.0. The molecule has 5 rings (SSSR count). The van der Waals surface area contributed by atoms with E-state index in [1.807, 2.05) is 97.1 Å². The standard InChI is InChI=1S/C29H24O4/c30-28(31)26-24(17-19-9-3-1-4-10-19)27(25(26)21-12-5-2-6-13-21)29(32)33-23-16-15-20-11-7-8-14-22(20)18-23/h1-16,18,24-27H,17H2,(H,30,31)/t24-,25-,26-,27-/m1/s1. The number of carbonyl (C=O) groups is 2. The van der Waals surface area contributed by atoms with E-state index < -0.39 is 23.7 Å². The summed E-state index contributed by atoms with van der Waals surface area (Å²) in [7, 11) is 0. The van der Waals surface area contributed by atoms with Crippen molar-refractivity contribution < 1.29 is 19.4 Å². The van der Waals surface area contributed by atoms with Gasteiger partial charge in [-0.25, -0.2) is 0 Å². The third-order valence-electron chi connectivity index (χ3n) is 6.69. The number of carbonyl (C=O) groups excluding carboxylic acids is 1. The third-order valence-corrected chi connectivity index (χ3v) is 6.69. The molecule has 1 saturated carbocycles. The number of aliphatic carboxylic acids is 1. The molecule has 0 radical (unpaired) electrons. The monoisotopic (exact) mass is 436 g/mol. The molecule has 4 nitrogen and oxygen atoms in total. The number of fused-ring (bicyclic) bond motifs is 1. The Morgan fingerprint density at radius 2 is 1.36 bits per heavy atom. The average Bonchev–Trinajstić information content (AvgIpc) is 2.82. The molecule has 1 aliphatic carbocycles. The van der Waals surface area contributed by atoms with Gasteiger partial charge in [0.1, 0.15) is 5.75 Å². The lowest BCUT2D eigenvalue weighted by molar-refractivity contribution is -0.163. The van der Waals surface area contributed by atoms with Crippen LogP contribution in [0.3, 0.4) is 0 Å². The lowest BCUT2D eigenvalue weighted by atomic mass is 9.53. The quantitative estimate of drug-likeness (QED) is 0.310. The highest BCUT2D eigenvalue weighted by molar-refractivity contribution is 5.87. The van der Waals surface area contributed by atoms with E-state index in [0.29, 0.717) is 12.2 Å². The van der Waals surface area contributed by atoms with Gasteiger partial charge in [0.15, 0.2) is 0 Å². The predicted molar refractivity (Wildman–Crippen MR) is 127 cm³/mol. The molecule has 0 unspecified atom stereocenters. The van der Waals surface area contributed by atoms with Crippen molar-refractivity contribution in [3.05, 3.63) is 114 Å². The second kappa shape index (κ2) is 8.91. The molecular formula is C29H24O4. The summed E-state index contributed by atoms with van der Waals surface area (Å²) < 4.78 is 5.84. The predicted octanol–water partition coefficient (Wildman–Crippen LogP) is 5.72. The summed E-state index contributed by atoms with van der Waals surface area (Å²) in [5.74, 6) is -2.74. The molecular weight excluding hydrogens is 412 g/mol. The van der Waals surface area contributed by atoms with Crippen molar-refractivity contribution in [2.75, 3.05) is 0 Å². The number of carboxylic acids is 1. The van der Waals surface area contributed by atoms with Crippen LogP contribution in [0.1, 0.15) is 17.0 Å². The van der Waals surface area contributed by atoms with Gasteiger partial charge in [-0.2, -0.15) is 0 Å². The number of benzene rings is 4. The molecule has 0 heterocycles. The Balaban J connectivity index is 1.47. The number of hydrogen-bond donors (Lipinski definition) is 1. The van der Waals surface area contributed by atoms with Crippen LogP contribution in [0.25, 0.3) is 10.8 Å². The largest absolute Gasteiger partial charge is 0.481 e. The number of ether oxygens (including phenoxy) is 1. The molecule has 1 aliphatic rings. The van der Waals surface area contributed by atoms with Crippen molar-refractivity contribution in [2.45, 2.75) is 12.3 Å². The highest BCUT2D eigenvalue weighted by Crippen LogP contribution is 2.54. The zero-order chi connectivity index (χ0) is 22.8. The minimum absolute atomic E-state index is 0.344. The van der Waals surface area contributed by atoms with Crippen molar-refractivity contribution in [1.82, 2.24) is 0 Å². The van der Waals surface area contributed by atoms with Crippen molar-refractivity contribution >= 4 is 22.7 Å². The number of carboxylic acid groups (broad SMARTS) is 1. The van der Waals surface area contributed by atoms with Gasteiger partial charge in [0.05, 0.1) is 11.8 Å². The van der Waals surface area contributed by atoms with Crippen LogP contribution in [0.2, 0.25) is 0 Å². The molecule has 0 aliphatic heterocycles. The first kappa shape index (κ1) is 21.0. The fourth-order valence-corrected chi connectivity index (χ4v) is 5.14. The van der Waals surface area contributed by atoms with Crippen LogP contribution >= 0.6 is 0 Å². The second-order valence-electron chi connectivity index (χ2n) is 8.61. The van der Waals surface area contributed by atoms with Crippen molar-refractivity contribution in [2.24, 2.45) is 17.8 Å². The van der Waals surface area contributed by atoms with E-state index in [9.17, 15) is 14.7 Å². The van der Waals surface area contributed by atoms with Gasteiger partial charge in [0.25, 0.3) is 0 Å². The van der Waals surface area contributed by atoms with E-state index in [1.54, 1.807) is 6.07 Å². The maximum absolute atomic E-state index is 13.5. The molecule has 4 aromatic carbocycles. The first-order valence-electron chi connectivity index (χ1n) is 11.1. The Kier molecular flexibility index (Phi) is 5.66. The minimum atomic E-state index is -0.875. The van der Waals surface area contributed by atoms with Gasteiger partial charge in [0, 0.05) is 5.92 Å². The molecule has 0 bridgehead atoms. The lowest BCUT2D eigenvalue weighted by Gasteiger charge is -2.48. The maximum atomic E-state index is 13.5. The van der Waals surface area contributed by atoms with Gasteiger partial charge in [-0.15, -0.1) is 0 Å². The smallest absolute Gasteiger partial charge is 0.315 e. The summed E-state index contributed by atoms with van der Waals surface area (Å²) in [6.07, 6.45) is 0.513. The summed E-state index contributed by atoms with van der Waals surface area (Å²) in [4.78, 5) is 25.8. The Labute approximate surface area is 192 Å². The molecule has 1 N–H and O–H groups in total. The van der Waals surface area contributed by atoms with Crippen LogP contribution in [-0.2, 0) is 16.0 Å². The van der Waals surface area contributed by atoms with E-state index in [2.05, 4.69) is 0 Å². The summed E-state index contributed by atoms with van der Waals surface area (Å²) in [5, 5.41) is 12.1. The molecule has 4 heteroatoms. The number of hydrogen-bond acceptors (Lipinski definition) is 3. The summed E-state index contributed by atoms with van der Waals surface area (Å²) in [5.41, 5.74) is 1.87. The Morgan fingerprint density at radius 3 is 2.06 bits per heavy atom. The van der Waals surface area contributed by atoms with Gasteiger partial charge < -0.3 is 9.84 Å². The van der Waals surface area contributed by atoms with E-state index in [4.69, 9.17) is 4.74 Å². The summed E-state index contributed by atoms with van der Waals surface area (Å²) in [6, 6.07) is 32.6. The summed E-state index contributed by atoms with van der Waals surface area (Å²) in [6.45, 7) is 0. The first-order chi connectivity index (χ1) is 16.1. The van der Waals surface area contributed by atoms with Crippen LogP contribution in [0.15, 0.2) is 103 Å². The van der Waals surface area contributed by atoms with Crippen molar-refractivity contribution in [3.8, 4) is 5.75 Å². The maximum Gasteiger partial charge on any atom is 0.315 e. The topological polar surface area (TPSA) is 63.6 Å². The van der Waals surface area contributed by atoms with E-state index in [0.717, 1.165) is 21.9 Å². The fourth-order valence-electron chi connectivity index (χ4n) is 5.14. The third kappa shape index (κ3) is 4.12. The van der Waals surface area contributed by atoms with Gasteiger partial charge in [-0.3, -0.25) is 9.59 Å². The van der Waals surface area contributed by atoms with Crippen LogP contribution in [0.5, 0.6) is 5.75 Å². The van der Waals surface area contributed by atoms with Crippen molar-refractivity contribution in [1.29, 1.82) is 0 Å². The SMILES string of the molecule is O=C(O)[C@@H]1[C@@H](Cc2ccccc2)[C@@H](C(=O)Oc2ccc3ccccc3c2)[C@@H]1c1ccccc1. The van der Waals surface area contributed by atoms with Crippen LogP contribution < -0.4 is 4.74 Å². The van der Waals surface area contributed by atoms with Crippen LogP contribution in [0, 0.1) is 17.8 Å². The van der Waals surface area contributed by atoms with Gasteiger partial charge in [-0.05, 0) is 46.4 Å². The molecule has 0 aromatic heterocycles. The molecule has 164 valence electrons. The molecule has 4 aromatic rings. The molecule has 0 amide bonds. The highest BCUT2D eigenvalue weighted by atomic mass is 16.5.